The summed E-state index contributed by atoms with van der Waals surface area (Å²) in [5, 5.41) is 4.86. The van der Waals surface area contributed by atoms with Crippen LogP contribution in [0.1, 0.15) is 26.7 Å². The Morgan fingerprint density at radius 1 is 1.27 bits per heavy atom. The molecule has 1 aromatic rings. The fourth-order valence-corrected chi connectivity index (χ4v) is 3.48. The molecule has 142 valence electrons. The lowest BCUT2D eigenvalue weighted by Crippen LogP contribution is -2.51. The van der Waals surface area contributed by atoms with Crippen molar-refractivity contribution >= 4 is 35.2 Å². The van der Waals surface area contributed by atoms with E-state index in [-0.39, 0.29) is 24.8 Å². The highest BCUT2D eigenvalue weighted by Crippen LogP contribution is 2.23. The molecule has 2 atom stereocenters. The highest BCUT2D eigenvalue weighted by atomic mass is 32.2. The Morgan fingerprint density at radius 3 is 2.62 bits per heavy atom. The van der Waals surface area contributed by atoms with Crippen LogP contribution in [0.4, 0.5) is 5.69 Å². The van der Waals surface area contributed by atoms with E-state index in [0.29, 0.717) is 18.0 Å². The molecule has 2 N–H and O–H groups in total. The van der Waals surface area contributed by atoms with E-state index in [4.69, 9.17) is 9.47 Å². The molecule has 26 heavy (non-hydrogen) atoms. The second-order valence-electron chi connectivity index (χ2n) is 5.76. The van der Waals surface area contributed by atoms with E-state index in [1.165, 1.54) is 11.8 Å². The first-order valence-electron chi connectivity index (χ1n) is 8.64. The molecule has 0 radical (unpaired) electrons. The molecule has 2 rings (SSSR count). The monoisotopic (exact) mass is 380 g/mol. The van der Waals surface area contributed by atoms with Gasteiger partial charge in [0, 0.05) is 17.9 Å². The van der Waals surface area contributed by atoms with Gasteiger partial charge in [-0.25, -0.2) is 4.79 Å². The molecule has 0 saturated carbocycles. The summed E-state index contributed by atoms with van der Waals surface area (Å²) >= 11 is 1.29. The second kappa shape index (κ2) is 10.1. The number of hydrogen-bond donors (Lipinski definition) is 2. The van der Waals surface area contributed by atoms with Crippen LogP contribution in [-0.4, -0.2) is 48.0 Å². The number of amides is 2. The maximum Gasteiger partial charge on any atom is 0.329 e. The fraction of sp³-hybridized carbons (Fsp3) is 0.500. The summed E-state index contributed by atoms with van der Waals surface area (Å²) in [6, 6.07) is 6.44. The third-order valence-electron chi connectivity index (χ3n) is 3.63. The molecule has 0 aliphatic carbocycles. The lowest BCUT2D eigenvalue weighted by molar-refractivity contribution is -0.146. The minimum Gasteiger partial charge on any atom is -0.494 e. The van der Waals surface area contributed by atoms with Gasteiger partial charge in [-0.2, -0.15) is 0 Å². The van der Waals surface area contributed by atoms with E-state index >= 15 is 0 Å². The minimum absolute atomic E-state index is 0.0418. The molecule has 8 heteroatoms. The van der Waals surface area contributed by atoms with Crippen molar-refractivity contribution in [3.05, 3.63) is 24.3 Å². The van der Waals surface area contributed by atoms with E-state index in [1.54, 1.807) is 31.2 Å². The maximum atomic E-state index is 12.2. The number of esters is 1. The molecule has 1 aliphatic heterocycles. The molecular formula is C18H24N2O5S. The molecule has 1 saturated heterocycles. The summed E-state index contributed by atoms with van der Waals surface area (Å²) in [6.07, 6.45) is 0.969. The van der Waals surface area contributed by atoms with Gasteiger partial charge in [0.2, 0.25) is 11.8 Å². The summed E-state index contributed by atoms with van der Waals surface area (Å²) in [7, 11) is 0. The standard InChI is InChI=1S/C18H24N2O5S/c1-3-9-25-13-7-5-12(6-8-13)19-16(21)10-15-17(22)20-14(11-26-15)18(23)24-4-2/h5-8,14-15H,3-4,9-11H2,1-2H3,(H,19,21)(H,20,22)/t14-,15-/m1/s1. The smallest absolute Gasteiger partial charge is 0.329 e. The van der Waals surface area contributed by atoms with Crippen molar-refractivity contribution in [1.29, 1.82) is 0 Å². The zero-order valence-electron chi connectivity index (χ0n) is 14.9. The van der Waals surface area contributed by atoms with Crippen LogP contribution in [-0.2, 0) is 19.1 Å². The van der Waals surface area contributed by atoms with Gasteiger partial charge in [0.15, 0.2) is 0 Å². The number of nitrogens with one attached hydrogen (secondary N) is 2. The predicted octanol–water partition coefficient (Wildman–Crippen LogP) is 1.97. The van der Waals surface area contributed by atoms with Gasteiger partial charge in [0.1, 0.15) is 11.8 Å². The van der Waals surface area contributed by atoms with Crippen molar-refractivity contribution in [3.8, 4) is 5.75 Å². The number of carbonyl (C=O) groups is 3. The minimum atomic E-state index is -0.651. The van der Waals surface area contributed by atoms with Gasteiger partial charge in [-0.05, 0) is 37.6 Å². The van der Waals surface area contributed by atoms with Crippen LogP contribution in [0.25, 0.3) is 0 Å². The predicted molar refractivity (Wildman–Crippen MR) is 100 cm³/mol. The van der Waals surface area contributed by atoms with Crippen LogP contribution >= 0.6 is 11.8 Å². The third kappa shape index (κ3) is 5.94. The first-order valence-corrected chi connectivity index (χ1v) is 9.69. The molecule has 0 spiro atoms. The van der Waals surface area contributed by atoms with Crippen molar-refractivity contribution in [1.82, 2.24) is 5.32 Å². The number of thioether (sulfide) groups is 1. The van der Waals surface area contributed by atoms with E-state index in [9.17, 15) is 14.4 Å². The third-order valence-corrected chi connectivity index (χ3v) is 4.93. The molecule has 1 fully saturated rings. The quantitative estimate of drug-likeness (QED) is 0.670. The highest BCUT2D eigenvalue weighted by molar-refractivity contribution is 8.00. The van der Waals surface area contributed by atoms with Crippen molar-refractivity contribution in [2.75, 3.05) is 24.3 Å². The Hall–Kier alpha value is -2.22. The van der Waals surface area contributed by atoms with E-state index < -0.39 is 17.3 Å². The zero-order chi connectivity index (χ0) is 18.9. The van der Waals surface area contributed by atoms with Crippen molar-refractivity contribution in [2.45, 2.75) is 38.0 Å². The van der Waals surface area contributed by atoms with Crippen LogP contribution in [0.5, 0.6) is 5.75 Å². The summed E-state index contributed by atoms with van der Waals surface area (Å²) in [5.74, 6) is 0.123. The SMILES string of the molecule is CCCOc1ccc(NC(=O)C[C@H]2SC[C@H](C(=O)OCC)NC2=O)cc1. The lowest BCUT2D eigenvalue weighted by Gasteiger charge is -2.27. The molecule has 2 amide bonds. The van der Waals surface area contributed by atoms with Crippen LogP contribution in [0.3, 0.4) is 0 Å². The van der Waals surface area contributed by atoms with Crippen LogP contribution < -0.4 is 15.4 Å². The first kappa shape index (κ1) is 20.1. The molecule has 0 bridgehead atoms. The van der Waals surface area contributed by atoms with Crippen LogP contribution in [0, 0.1) is 0 Å². The summed E-state index contributed by atoms with van der Waals surface area (Å²) in [4.78, 5) is 36.0. The molecule has 1 aromatic carbocycles. The van der Waals surface area contributed by atoms with E-state index in [2.05, 4.69) is 10.6 Å². The summed E-state index contributed by atoms with van der Waals surface area (Å²) in [6.45, 7) is 4.66. The maximum absolute atomic E-state index is 12.2. The van der Waals surface area contributed by atoms with Crippen LogP contribution in [0.15, 0.2) is 24.3 Å². The number of rotatable bonds is 8. The van der Waals surface area contributed by atoms with Gasteiger partial charge in [-0.3, -0.25) is 9.59 Å². The van der Waals surface area contributed by atoms with E-state index in [0.717, 1.165) is 12.2 Å². The number of carbonyl (C=O) groups excluding carboxylic acids is 3. The largest absolute Gasteiger partial charge is 0.494 e. The van der Waals surface area contributed by atoms with Gasteiger partial charge in [0.05, 0.1) is 18.5 Å². The Morgan fingerprint density at radius 2 is 2.00 bits per heavy atom. The first-order chi connectivity index (χ1) is 12.5. The number of ether oxygens (including phenoxy) is 2. The average molecular weight is 380 g/mol. The number of benzene rings is 1. The Labute approximate surface area is 157 Å². The molecular weight excluding hydrogens is 356 g/mol. The number of hydrogen-bond acceptors (Lipinski definition) is 6. The Balaban J connectivity index is 1.81. The van der Waals surface area contributed by atoms with Gasteiger partial charge in [-0.15, -0.1) is 11.8 Å². The van der Waals surface area contributed by atoms with E-state index in [1.807, 2.05) is 6.92 Å². The summed E-state index contributed by atoms with van der Waals surface area (Å²) in [5.41, 5.74) is 0.643. The van der Waals surface area contributed by atoms with Crippen LogP contribution in [0.2, 0.25) is 0 Å². The second-order valence-corrected chi connectivity index (χ2v) is 7.00. The van der Waals surface area contributed by atoms with Gasteiger partial charge in [0.25, 0.3) is 0 Å². The average Bonchev–Trinajstić information content (AvgIpc) is 2.63. The van der Waals surface area contributed by atoms with Gasteiger partial charge >= 0.3 is 5.97 Å². The fourth-order valence-electron chi connectivity index (χ4n) is 2.35. The molecule has 0 unspecified atom stereocenters. The summed E-state index contributed by atoms with van der Waals surface area (Å²) < 4.78 is 10.4. The van der Waals surface area contributed by atoms with Crippen molar-refractivity contribution in [3.63, 3.8) is 0 Å². The van der Waals surface area contributed by atoms with Crippen molar-refractivity contribution in [2.24, 2.45) is 0 Å². The normalized spacial score (nSPS) is 19.4. The number of anilines is 1. The molecule has 0 aromatic heterocycles. The van der Waals surface area contributed by atoms with Crippen molar-refractivity contribution < 1.29 is 23.9 Å². The molecule has 1 aliphatic rings. The Bertz CT molecular complexity index is 635. The van der Waals surface area contributed by atoms with Gasteiger partial charge < -0.3 is 20.1 Å². The lowest BCUT2D eigenvalue weighted by atomic mass is 10.2. The Kier molecular flexibility index (Phi) is 7.77. The highest BCUT2D eigenvalue weighted by Gasteiger charge is 2.34. The zero-order valence-corrected chi connectivity index (χ0v) is 15.8. The molecule has 7 nitrogen and oxygen atoms in total. The molecule has 1 heterocycles. The topological polar surface area (TPSA) is 93.7 Å². The van der Waals surface area contributed by atoms with Gasteiger partial charge in [-0.1, -0.05) is 6.92 Å².